The van der Waals surface area contributed by atoms with Gasteiger partial charge in [-0.25, -0.2) is 0 Å². The Labute approximate surface area is 236 Å². The van der Waals surface area contributed by atoms with Gasteiger partial charge in [0.1, 0.15) is 18.4 Å². The number of hydrogen-bond acceptors (Lipinski definition) is 11. The van der Waals surface area contributed by atoms with Crippen LogP contribution < -0.4 is 20.7 Å². The molecule has 0 saturated carbocycles. The summed E-state index contributed by atoms with van der Waals surface area (Å²) in [4.78, 5) is 73.8. The maximum Gasteiger partial charge on any atom is 0.266 e. The largest absolute Gasteiger partial charge is 0.483 e. The monoisotopic (exact) mass is 578 g/mol. The number of imide groups is 2. The predicted molar refractivity (Wildman–Crippen MR) is 139 cm³/mol. The van der Waals surface area contributed by atoms with E-state index in [0.29, 0.717) is 39.6 Å². The zero-order valence-electron chi connectivity index (χ0n) is 22.7. The Hall–Kier alpha value is -3.92. The highest BCUT2D eigenvalue weighted by atomic mass is 16.5. The zero-order chi connectivity index (χ0) is 29.6. The molecule has 3 rings (SSSR count). The van der Waals surface area contributed by atoms with Crippen LogP contribution in [0.2, 0.25) is 0 Å². The maximum absolute atomic E-state index is 13.0. The first-order valence-corrected chi connectivity index (χ1v) is 13.1. The van der Waals surface area contributed by atoms with Crippen molar-refractivity contribution in [3.8, 4) is 5.75 Å². The topological polar surface area (TPSA) is 188 Å². The molecule has 0 radical (unpaired) electrons. The zero-order valence-corrected chi connectivity index (χ0v) is 22.7. The Morgan fingerprint density at radius 2 is 1.49 bits per heavy atom. The quantitative estimate of drug-likeness (QED) is 0.134. The minimum Gasteiger partial charge on any atom is -0.483 e. The van der Waals surface area contributed by atoms with E-state index in [-0.39, 0.29) is 55.4 Å². The van der Waals surface area contributed by atoms with E-state index in [1.807, 2.05) is 0 Å². The second-order valence-electron chi connectivity index (χ2n) is 8.88. The molecule has 1 saturated heterocycles. The summed E-state index contributed by atoms with van der Waals surface area (Å²) in [5, 5.41) is 7.39. The lowest BCUT2D eigenvalue weighted by molar-refractivity contribution is -0.136. The summed E-state index contributed by atoms with van der Waals surface area (Å²) in [6.07, 6.45) is 0.0493. The standard InChI is InChI=1S/C26H34N4O11/c1-37-15-21(32)27-7-9-38-11-13-40-14-12-39-10-8-28-22(33)16-41-19-4-2-3-17-23(19)26(36)30(25(17)35)18-5-6-20(31)29-24(18)34/h2-4,18H,5-16H2,1H3,(H,27,32)(H,28,33)(H,29,31,34). The van der Waals surface area contributed by atoms with E-state index in [9.17, 15) is 28.8 Å². The third kappa shape index (κ3) is 9.31. The molecular weight excluding hydrogens is 544 g/mol. The van der Waals surface area contributed by atoms with Crippen LogP contribution in [0.5, 0.6) is 5.75 Å². The van der Waals surface area contributed by atoms with Crippen molar-refractivity contribution < 1.29 is 52.5 Å². The van der Waals surface area contributed by atoms with Gasteiger partial charge in [0.25, 0.3) is 17.7 Å². The van der Waals surface area contributed by atoms with Crippen LogP contribution >= 0.6 is 0 Å². The highest BCUT2D eigenvalue weighted by molar-refractivity contribution is 6.24. The van der Waals surface area contributed by atoms with Crippen molar-refractivity contribution in [3.05, 3.63) is 29.3 Å². The third-order valence-electron chi connectivity index (χ3n) is 5.95. The molecule has 2 aliphatic heterocycles. The Balaban J connectivity index is 1.27. The molecule has 0 aliphatic carbocycles. The van der Waals surface area contributed by atoms with Crippen LogP contribution in [-0.2, 0) is 38.1 Å². The number of fused-ring (bicyclic) bond motifs is 1. The van der Waals surface area contributed by atoms with Gasteiger partial charge in [0.15, 0.2) is 6.61 Å². The van der Waals surface area contributed by atoms with Crippen LogP contribution in [0.1, 0.15) is 33.6 Å². The van der Waals surface area contributed by atoms with Crippen molar-refractivity contribution in [2.45, 2.75) is 18.9 Å². The van der Waals surface area contributed by atoms with Gasteiger partial charge in [0, 0.05) is 26.6 Å². The van der Waals surface area contributed by atoms with Gasteiger partial charge in [0.05, 0.1) is 50.8 Å². The fourth-order valence-corrected chi connectivity index (χ4v) is 4.05. The first-order chi connectivity index (χ1) is 19.8. The molecule has 2 heterocycles. The van der Waals surface area contributed by atoms with Crippen molar-refractivity contribution in [1.29, 1.82) is 0 Å². The lowest BCUT2D eigenvalue weighted by atomic mass is 10.0. The van der Waals surface area contributed by atoms with Crippen LogP contribution in [0.3, 0.4) is 0 Å². The van der Waals surface area contributed by atoms with Crippen molar-refractivity contribution in [2.75, 3.05) is 73.1 Å². The number of ether oxygens (including phenoxy) is 5. The number of nitrogens with zero attached hydrogens (tertiary/aromatic N) is 1. The Kier molecular flexibility index (Phi) is 12.6. The molecule has 0 aromatic heterocycles. The molecule has 1 atom stereocenters. The molecule has 224 valence electrons. The minimum atomic E-state index is -1.10. The SMILES string of the molecule is COCC(=O)NCCOCCOCCOCCNC(=O)COc1cccc2c1C(=O)N(C1CCC(=O)NC1=O)C2=O. The lowest BCUT2D eigenvalue weighted by Gasteiger charge is -2.27. The summed E-state index contributed by atoms with van der Waals surface area (Å²) in [5.41, 5.74) is 0.0313. The second kappa shape index (κ2) is 16.4. The highest BCUT2D eigenvalue weighted by Crippen LogP contribution is 2.33. The predicted octanol–water partition coefficient (Wildman–Crippen LogP) is -1.60. The Bertz CT molecular complexity index is 1130. The molecule has 1 aromatic carbocycles. The van der Waals surface area contributed by atoms with Gasteiger partial charge in [0.2, 0.25) is 17.7 Å². The summed E-state index contributed by atoms with van der Waals surface area (Å²) in [6.45, 7) is 2.20. The fourth-order valence-electron chi connectivity index (χ4n) is 4.05. The Morgan fingerprint density at radius 3 is 2.10 bits per heavy atom. The van der Waals surface area contributed by atoms with Crippen LogP contribution in [0.4, 0.5) is 0 Å². The van der Waals surface area contributed by atoms with Crippen LogP contribution in [0.25, 0.3) is 0 Å². The number of rotatable bonds is 18. The molecule has 2 aliphatic rings. The smallest absolute Gasteiger partial charge is 0.266 e. The van der Waals surface area contributed by atoms with Gasteiger partial charge in [-0.2, -0.15) is 0 Å². The van der Waals surface area contributed by atoms with Gasteiger partial charge < -0.3 is 34.3 Å². The number of amides is 6. The number of carbonyl (C=O) groups excluding carboxylic acids is 6. The molecule has 41 heavy (non-hydrogen) atoms. The lowest BCUT2D eigenvalue weighted by Crippen LogP contribution is -2.54. The van der Waals surface area contributed by atoms with Crippen molar-refractivity contribution >= 4 is 35.4 Å². The number of benzene rings is 1. The summed E-state index contributed by atoms with van der Waals surface area (Å²) < 4.78 is 26.3. The van der Waals surface area contributed by atoms with Gasteiger partial charge in [-0.05, 0) is 18.6 Å². The average molecular weight is 579 g/mol. The maximum atomic E-state index is 13.0. The first kappa shape index (κ1) is 31.6. The fraction of sp³-hybridized carbons (Fsp3) is 0.538. The van der Waals surface area contributed by atoms with Crippen LogP contribution in [0, 0.1) is 0 Å². The molecule has 15 heteroatoms. The molecule has 6 amide bonds. The van der Waals surface area contributed by atoms with Gasteiger partial charge in [-0.3, -0.25) is 39.0 Å². The van der Waals surface area contributed by atoms with Crippen molar-refractivity contribution in [2.24, 2.45) is 0 Å². The Morgan fingerprint density at radius 1 is 0.878 bits per heavy atom. The van der Waals surface area contributed by atoms with E-state index in [4.69, 9.17) is 23.7 Å². The molecule has 15 nitrogen and oxygen atoms in total. The first-order valence-electron chi connectivity index (χ1n) is 13.1. The molecule has 0 spiro atoms. The van der Waals surface area contributed by atoms with E-state index in [2.05, 4.69) is 16.0 Å². The van der Waals surface area contributed by atoms with Crippen molar-refractivity contribution in [1.82, 2.24) is 20.9 Å². The van der Waals surface area contributed by atoms with Gasteiger partial charge >= 0.3 is 0 Å². The number of piperidine rings is 1. The molecule has 3 N–H and O–H groups in total. The molecule has 1 unspecified atom stereocenters. The van der Waals surface area contributed by atoms with Gasteiger partial charge in [-0.1, -0.05) is 6.07 Å². The number of carbonyl (C=O) groups is 6. The average Bonchev–Trinajstić information content (AvgIpc) is 3.20. The normalized spacial score (nSPS) is 16.4. The van der Waals surface area contributed by atoms with E-state index >= 15 is 0 Å². The van der Waals surface area contributed by atoms with Crippen LogP contribution in [-0.4, -0.2) is 119 Å². The van der Waals surface area contributed by atoms with Gasteiger partial charge in [-0.15, -0.1) is 0 Å². The molecular formula is C26H34N4O11. The number of hydrogen-bond donors (Lipinski definition) is 3. The number of methoxy groups -OCH3 is 1. The van der Waals surface area contributed by atoms with E-state index < -0.39 is 42.2 Å². The summed E-state index contributed by atoms with van der Waals surface area (Å²) in [7, 11) is 1.44. The number of nitrogens with one attached hydrogen (secondary N) is 3. The van der Waals surface area contributed by atoms with E-state index in [0.717, 1.165) is 4.90 Å². The molecule has 1 fully saturated rings. The molecule has 0 bridgehead atoms. The van der Waals surface area contributed by atoms with Crippen molar-refractivity contribution in [3.63, 3.8) is 0 Å². The summed E-state index contributed by atoms with van der Waals surface area (Å²) in [6, 6.07) is 3.31. The van der Waals surface area contributed by atoms with E-state index in [1.165, 1.54) is 25.3 Å². The van der Waals surface area contributed by atoms with E-state index in [1.54, 1.807) is 0 Å². The summed E-state index contributed by atoms with van der Waals surface area (Å²) in [5.74, 6) is -3.18. The van der Waals surface area contributed by atoms with Crippen LogP contribution in [0.15, 0.2) is 18.2 Å². The third-order valence-corrected chi connectivity index (χ3v) is 5.95. The molecule has 1 aromatic rings. The second-order valence-corrected chi connectivity index (χ2v) is 8.88. The highest BCUT2D eigenvalue weighted by Gasteiger charge is 2.46. The summed E-state index contributed by atoms with van der Waals surface area (Å²) >= 11 is 0. The minimum absolute atomic E-state index is 0.00977.